The fraction of sp³-hybridized carbons (Fsp3) is 0.0588. The number of aliphatic hydroxyl groups is 1. The predicted octanol–water partition coefficient (Wildman–Crippen LogP) is 5.15. The minimum atomic E-state index is -0.660. The molecule has 1 heterocycles. The number of hydrogen-bond acceptors (Lipinski definition) is 2. The molecule has 3 rings (SSSR count). The summed E-state index contributed by atoms with van der Waals surface area (Å²) in [6, 6.07) is 19.9. The van der Waals surface area contributed by atoms with Crippen molar-refractivity contribution in [3.8, 4) is 11.1 Å². The molecule has 0 amide bonds. The maximum atomic E-state index is 10.3. The molecular weight excluding hydrogens is 288 g/mol. The first-order valence-corrected chi connectivity index (χ1v) is 7.58. The molecule has 0 saturated heterocycles. The number of rotatable bonds is 3. The molecule has 0 saturated carbocycles. The Hall–Kier alpha value is -1.61. The van der Waals surface area contributed by atoms with E-state index in [2.05, 4.69) is 12.1 Å². The van der Waals surface area contributed by atoms with Crippen LogP contribution in [0.25, 0.3) is 11.1 Å². The Morgan fingerprint density at radius 2 is 1.50 bits per heavy atom. The second-order valence-electron chi connectivity index (χ2n) is 4.52. The highest BCUT2D eigenvalue weighted by atomic mass is 35.5. The zero-order valence-corrected chi connectivity index (χ0v) is 12.2. The summed E-state index contributed by atoms with van der Waals surface area (Å²) in [4.78, 5) is 0.791. The van der Waals surface area contributed by atoms with Crippen molar-refractivity contribution in [2.75, 3.05) is 0 Å². The molecule has 2 aromatic carbocycles. The van der Waals surface area contributed by atoms with Gasteiger partial charge >= 0.3 is 0 Å². The zero-order valence-electron chi connectivity index (χ0n) is 10.7. The van der Waals surface area contributed by atoms with E-state index in [1.807, 2.05) is 53.9 Å². The molecule has 0 spiro atoms. The van der Waals surface area contributed by atoms with Crippen LogP contribution in [0.2, 0.25) is 5.02 Å². The Balaban J connectivity index is 1.89. The maximum absolute atomic E-state index is 10.3. The van der Waals surface area contributed by atoms with Gasteiger partial charge in [0.2, 0.25) is 0 Å². The van der Waals surface area contributed by atoms with Crippen molar-refractivity contribution in [2.45, 2.75) is 6.10 Å². The van der Waals surface area contributed by atoms with Gasteiger partial charge in [0.1, 0.15) is 6.10 Å². The van der Waals surface area contributed by atoms with Crippen molar-refractivity contribution in [1.82, 2.24) is 0 Å². The summed E-state index contributed by atoms with van der Waals surface area (Å²) in [6.45, 7) is 0. The van der Waals surface area contributed by atoms with Crippen LogP contribution in [0.1, 0.15) is 16.5 Å². The van der Waals surface area contributed by atoms with Gasteiger partial charge < -0.3 is 5.11 Å². The Morgan fingerprint density at radius 3 is 2.10 bits per heavy atom. The maximum Gasteiger partial charge on any atom is 0.115 e. The molecule has 1 aromatic heterocycles. The van der Waals surface area contributed by atoms with Crippen LogP contribution in [0.15, 0.2) is 66.0 Å². The Morgan fingerprint density at radius 1 is 0.850 bits per heavy atom. The minimum Gasteiger partial charge on any atom is -0.383 e. The van der Waals surface area contributed by atoms with Gasteiger partial charge in [-0.15, -0.1) is 11.3 Å². The fourth-order valence-corrected chi connectivity index (χ4v) is 3.31. The van der Waals surface area contributed by atoms with Crippen LogP contribution >= 0.6 is 22.9 Å². The molecule has 3 heteroatoms. The van der Waals surface area contributed by atoms with E-state index in [1.165, 1.54) is 16.9 Å². The molecule has 1 nitrogen and oxygen atoms in total. The van der Waals surface area contributed by atoms with Crippen molar-refractivity contribution >= 4 is 22.9 Å². The quantitative estimate of drug-likeness (QED) is 0.709. The molecule has 0 aliphatic carbocycles. The molecule has 0 aliphatic rings. The SMILES string of the molecule is OC(c1ccc(-c2ccccc2)cc1)c1sccc1Cl. The summed E-state index contributed by atoms with van der Waals surface area (Å²) in [7, 11) is 0. The summed E-state index contributed by atoms with van der Waals surface area (Å²) in [6.07, 6.45) is -0.660. The third-order valence-corrected chi connectivity index (χ3v) is 4.64. The number of benzene rings is 2. The standard InChI is InChI=1S/C17H13ClOS/c18-15-10-11-20-17(15)16(19)14-8-6-13(7-9-14)12-4-2-1-3-5-12/h1-11,16,19H. The molecule has 0 radical (unpaired) electrons. The minimum absolute atomic E-state index is 0.620. The van der Waals surface area contributed by atoms with Gasteiger partial charge in [-0.05, 0) is 28.1 Å². The third-order valence-electron chi connectivity index (χ3n) is 3.23. The van der Waals surface area contributed by atoms with Crippen molar-refractivity contribution in [3.05, 3.63) is 81.5 Å². The monoisotopic (exact) mass is 300 g/mol. The average molecular weight is 301 g/mol. The van der Waals surface area contributed by atoms with Crippen LogP contribution in [0.4, 0.5) is 0 Å². The van der Waals surface area contributed by atoms with Gasteiger partial charge in [0, 0.05) is 0 Å². The summed E-state index contributed by atoms with van der Waals surface area (Å²) in [5, 5.41) is 12.9. The summed E-state index contributed by atoms with van der Waals surface area (Å²) in [5.74, 6) is 0. The molecule has 1 N–H and O–H groups in total. The Bertz CT molecular complexity index is 689. The lowest BCUT2D eigenvalue weighted by molar-refractivity contribution is 0.224. The molecular formula is C17H13ClOS. The van der Waals surface area contributed by atoms with E-state index in [0.29, 0.717) is 5.02 Å². The molecule has 3 aromatic rings. The lowest BCUT2D eigenvalue weighted by Crippen LogP contribution is -1.97. The molecule has 0 fully saturated rings. The first kappa shape index (κ1) is 13.4. The van der Waals surface area contributed by atoms with E-state index in [9.17, 15) is 5.11 Å². The molecule has 0 aliphatic heterocycles. The van der Waals surface area contributed by atoms with Gasteiger partial charge in [-0.2, -0.15) is 0 Å². The number of halogens is 1. The molecule has 0 bridgehead atoms. The second-order valence-corrected chi connectivity index (χ2v) is 5.88. The van der Waals surface area contributed by atoms with Gasteiger partial charge in [0.05, 0.1) is 9.90 Å². The molecule has 20 heavy (non-hydrogen) atoms. The normalized spacial score (nSPS) is 12.3. The van der Waals surface area contributed by atoms with E-state index in [-0.39, 0.29) is 0 Å². The summed E-state index contributed by atoms with van der Waals surface area (Å²) in [5.41, 5.74) is 3.16. The van der Waals surface area contributed by atoms with Gasteiger partial charge in [-0.25, -0.2) is 0 Å². The van der Waals surface area contributed by atoms with E-state index in [1.54, 1.807) is 0 Å². The van der Waals surface area contributed by atoms with Gasteiger partial charge in [-0.1, -0.05) is 66.2 Å². The van der Waals surface area contributed by atoms with Crippen LogP contribution in [-0.2, 0) is 0 Å². The van der Waals surface area contributed by atoms with Crippen molar-refractivity contribution < 1.29 is 5.11 Å². The van der Waals surface area contributed by atoms with Crippen molar-refractivity contribution in [1.29, 1.82) is 0 Å². The third kappa shape index (κ3) is 2.63. The first-order valence-electron chi connectivity index (χ1n) is 6.32. The lowest BCUT2D eigenvalue weighted by atomic mass is 10.0. The largest absolute Gasteiger partial charge is 0.383 e. The molecule has 1 unspecified atom stereocenters. The van der Waals surface area contributed by atoms with Gasteiger partial charge in [0.15, 0.2) is 0 Å². The van der Waals surface area contributed by atoms with Crippen molar-refractivity contribution in [2.24, 2.45) is 0 Å². The molecule has 1 atom stereocenters. The summed E-state index contributed by atoms with van der Waals surface area (Å²) < 4.78 is 0. The molecule has 100 valence electrons. The van der Waals surface area contributed by atoms with Crippen LogP contribution < -0.4 is 0 Å². The zero-order chi connectivity index (χ0) is 13.9. The van der Waals surface area contributed by atoms with Crippen LogP contribution in [0.5, 0.6) is 0 Å². The number of aliphatic hydroxyl groups excluding tert-OH is 1. The highest BCUT2D eigenvalue weighted by molar-refractivity contribution is 7.10. The van der Waals surface area contributed by atoms with E-state index < -0.39 is 6.10 Å². The van der Waals surface area contributed by atoms with Crippen LogP contribution in [0.3, 0.4) is 0 Å². The predicted molar refractivity (Wildman–Crippen MR) is 85.3 cm³/mol. The lowest BCUT2D eigenvalue weighted by Gasteiger charge is -2.11. The Kier molecular flexibility index (Phi) is 3.88. The highest BCUT2D eigenvalue weighted by Gasteiger charge is 2.15. The number of hydrogen-bond donors (Lipinski definition) is 1. The van der Waals surface area contributed by atoms with E-state index >= 15 is 0 Å². The smallest absolute Gasteiger partial charge is 0.115 e. The number of thiophene rings is 1. The van der Waals surface area contributed by atoms with Crippen LogP contribution in [0, 0.1) is 0 Å². The second kappa shape index (κ2) is 5.80. The van der Waals surface area contributed by atoms with Crippen LogP contribution in [-0.4, -0.2) is 5.11 Å². The van der Waals surface area contributed by atoms with Gasteiger partial charge in [0.25, 0.3) is 0 Å². The van der Waals surface area contributed by atoms with E-state index in [0.717, 1.165) is 16.0 Å². The van der Waals surface area contributed by atoms with Gasteiger partial charge in [-0.3, -0.25) is 0 Å². The van der Waals surface area contributed by atoms with Crippen molar-refractivity contribution in [3.63, 3.8) is 0 Å². The Labute approximate surface area is 127 Å². The highest BCUT2D eigenvalue weighted by Crippen LogP contribution is 2.33. The average Bonchev–Trinajstić information content (AvgIpc) is 2.94. The fourth-order valence-electron chi connectivity index (χ4n) is 2.14. The topological polar surface area (TPSA) is 20.2 Å². The first-order chi connectivity index (χ1) is 9.75. The van der Waals surface area contributed by atoms with E-state index in [4.69, 9.17) is 11.6 Å². The summed E-state index contributed by atoms with van der Waals surface area (Å²) >= 11 is 7.53.